The van der Waals surface area contributed by atoms with Gasteiger partial charge in [-0.15, -0.1) is 0 Å². The maximum Gasteiger partial charge on any atom is 0.224 e. The van der Waals surface area contributed by atoms with Gasteiger partial charge in [-0.25, -0.2) is 0 Å². The van der Waals surface area contributed by atoms with Crippen LogP contribution in [-0.4, -0.2) is 17.6 Å². The van der Waals surface area contributed by atoms with E-state index < -0.39 is 0 Å². The normalized spacial score (nSPS) is 12.2. The van der Waals surface area contributed by atoms with E-state index >= 15 is 0 Å². The van der Waals surface area contributed by atoms with Gasteiger partial charge >= 0.3 is 0 Å². The Hall–Kier alpha value is -2.10. The zero-order valence-corrected chi connectivity index (χ0v) is 12.1. The van der Waals surface area contributed by atoms with Gasteiger partial charge in [-0.2, -0.15) is 0 Å². The molecule has 0 unspecified atom stereocenters. The highest BCUT2D eigenvalue weighted by Gasteiger charge is 2.14. The molecule has 1 N–H and O–H groups in total. The molecule has 0 spiro atoms. The molecule has 4 heteroatoms. The lowest BCUT2D eigenvalue weighted by atomic mass is 10.0. The molecule has 1 aromatic carbocycles. The van der Waals surface area contributed by atoms with Crippen LogP contribution in [0.25, 0.3) is 0 Å². The minimum absolute atomic E-state index is 0.00202. The van der Waals surface area contributed by atoms with Gasteiger partial charge in [-0.1, -0.05) is 42.4 Å². The number of nitrogens with zero attached hydrogens (tertiary/aromatic N) is 1. The van der Waals surface area contributed by atoms with Gasteiger partial charge in [0, 0.05) is 12.1 Å². The summed E-state index contributed by atoms with van der Waals surface area (Å²) >= 11 is 0. The Morgan fingerprint density at radius 2 is 2.00 bits per heavy atom. The van der Waals surface area contributed by atoms with E-state index in [4.69, 9.17) is 4.52 Å². The van der Waals surface area contributed by atoms with Gasteiger partial charge in [0.15, 0.2) is 0 Å². The highest BCUT2D eigenvalue weighted by Crippen LogP contribution is 2.14. The maximum absolute atomic E-state index is 12.0. The number of benzene rings is 1. The zero-order chi connectivity index (χ0) is 14.5. The Kier molecular flexibility index (Phi) is 4.56. The number of hydrogen-bond acceptors (Lipinski definition) is 3. The summed E-state index contributed by atoms with van der Waals surface area (Å²) in [4.78, 5) is 12.0. The predicted octanol–water partition coefficient (Wildman–Crippen LogP) is 2.75. The number of hydrogen-bond donors (Lipinski definition) is 1. The van der Waals surface area contributed by atoms with Crippen molar-refractivity contribution in [3.63, 3.8) is 0 Å². The summed E-state index contributed by atoms with van der Waals surface area (Å²) in [5, 5.41) is 6.82. The third-order valence-electron chi connectivity index (χ3n) is 3.49. The van der Waals surface area contributed by atoms with Crippen molar-refractivity contribution in [1.29, 1.82) is 0 Å². The molecule has 0 saturated heterocycles. The third kappa shape index (κ3) is 3.47. The molecule has 2 aromatic rings. The van der Waals surface area contributed by atoms with Crippen LogP contribution in [0.2, 0.25) is 0 Å². The quantitative estimate of drug-likeness (QED) is 0.910. The number of rotatable bonds is 5. The number of aryl methyl sites for hydroxylation is 2. The van der Waals surface area contributed by atoms with Gasteiger partial charge in [0.05, 0.1) is 12.1 Å². The summed E-state index contributed by atoms with van der Waals surface area (Å²) in [5.41, 5.74) is 2.90. The molecule has 1 heterocycles. The van der Waals surface area contributed by atoms with Crippen LogP contribution >= 0.6 is 0 Å². The summed E-state index contributed by atoms with van der Waals surface area (Å²) < 4.78 is 5.06. The number of carbonyl (C=O) groups excluding carboxylic acids is 1. The monoisotopic (exact) mass is 272 g/mol. The number of amides is 1. The molecule has 0 saturated carbocycles. The summed E-state index contributed by atoms with van der Waals surface area (Å²) in [6.45, 7) is 6.42. The van der Waals surface area contributed by atoms with E-state index in [0.717, 1.165) is 11.3 Å². The van der Waals surface area contributed by atoms with Gasteiger partial charge in [-0.05, 0) is 25.3 Å². The molecule has 20 heavy (non-hydrogen) atoms. The number of carbonyl (C=O) groups is 1. The van der Waals surface area contributed by atoms with Gasteiger partial charge < -0.3 is 9.84 Å². The molecule has 0 radical (unpaired) electrons. The van der Waals surface area contributed by atoms with E-state index in [1.165, 1.54) is 5.56 Å². The standard InChI is InChI=1S/C16H20N2O2/c1-11(14-7-5-4-6-8-14)10-17-16(19)9-15-12(2)18-20-13(15)3/h4-8,11H,9-10H2,1-3H3,(H,17,19)/t11-/m1/s1. The second-order valence-corrected chi connectivity index (χ2v) is 5.10. The van der Waals surface area contributed by atoms with Gasteiger partial charge in [0.1, 0.15) is 5.76 Å². The SMILES string of the molecule is Cc1noc(C)c1CC(=O)NC[C@@H](C)c1ccccc1. The van der Waals surface area contributed by atoms with Crippen LogP contribution in [0.3, 0.4) is 0 Å². The first kappa shape index (κ1) is 14.3. The predicted molar refractivity (Wildman–Crippen MR) is 77.5 cm³/mol. The Morgan fingerprint density at radius 3 is 2.60 bits per heavy atom. The molecule has 4 nitrogen and oxygen atoms in total. The van der Waals surface area contributed by atoms with Crippen molar-refractivity contribution in [3.05, 3.63) is 52.9 Å². The van der Waals surface area contributed by atoms with Crippen molar-refractivity contribution in [3.8, 4) is 0 Å². The van der Waals surface area contributed by atoms with E-state index in [1.807, 2.05) is 32.0 Å². The van der Waals surface area contributed by atoms with Crippen LogP contribution in [0.5, 0.6) is 0 Å². The zero-order valence-electron chi connectivity index (χ0n) is 12.1. The van der Waals surface area contributed by atoms with Crippen molar-refractivity contribution < 1.29 is 9.32 Å². The van der Waals surface area contributed by atoms with Crippen LogP contribution in [0, 0.1) is 13.8 Å². The van der Waals surface area contributed by atoms with E-state index in [2.05, 4.69) is 29.5 Å². The molecular weight excluding hydrogens is 252 g/mol. The van der Waals surface area contributed by atoms with Crippen LogP contribution in [0.1, 0.15) is 35.4 Å². The van der Waals surface area contributed by atoms with E-state index in [-0.39, 0.29) is 5.91 Å². The molecule has 1 amide bonds. The van der Waals surface area contributed by atoms with Crippen LogP contribution in [0.4, 0.5) is 0 Å². The first-order valence-electron chi connectivity index (χ1n) is 6.81. The molecule has 0 fully saturated rings. The van der Waals surface area contributed by atoms with E-state index in [1.54, 1.807) is 0 Å². The molecule has 106 valence electrons. The van der Waals surface area contributed by atoms with E-state index in [0.29, 0.717) is 24.6 Å². The van der Waals surface area contributed by atoms with Gasteiger partial charge in [-0.3, -0.25) is 4.79 Å². The molecule has 0 aliphatic rings. The topological polar surface area (TPSA) is 55.1 Å². The number of aromatic nitrogens is 1. The highest BCUT2D eigenvalue weighted by molar-refractivity contribution is 5.79. The summed E-state index contributed by atoms with van der Waals surface area (Å²) in [6.07, 6.45) is 0.322. The Labute approximate surface area is 119 Å². The number of nitrogens with one attached hydrogen (secondary N) is 1. The maximum atomic E-state index is 12.0. The van der Waals surface area contributed by atoms with E-state index in [9.17, 15) is 4.79 Å². The average Bonchev–Trinajstić information content (AvgIpc) is 2.77. The van der Waals surface area contributed by atoms with Gasteiger partial charge in [0.25, 0.3) is 0 Å². The first-order valence-corrected chi connectivity index (χ1v) is 6.81. The van der Waals surface area contributed by atoms with Crippen LogP contribution in [-0.2, 0) is 11.2 Å². The lowest BCUT2D eigenvalue weighted by molar-refractivity contribution is -0.120. The third-order valence-corrected chi connectivity index (χ3v) is 3.49. The van der Waals surface area contributed by atoms with Crippen molar-refractivity contribution >= 4 is 5.91 Å². The molecule has 1 aromatic heterocycles. The molecule has 2 rings (SSSR count). The Bertz CT molecular complexity index is 556. The smallest absolute Gasteiger partial charge is 0.224 e. The summed E-state index contributed by atoms with van der Waals surface area (Å²) in [6, 6.07) is 10.2. The molecule has 1 atom stereocenters. The summed E-state index contributed by atoms with van der Waals surface area (Å²) in [7, 11) is 0. The fourth-order valence-electron chi connectivity index (χ4n) is 2.14. The largest absolute Gasteiger partial charge is 0.361 e. The molecule has 0 bridgehead atoms. The minimum atomic E-state index is 0.00202. The Balaban J connectivity index is 1.87. The second kappa shape index (κ2) is 6.37. The molecule has 0 aliphatic carbocycles. The van der Waals surface area contributed by atoms with Crippen LogP contribution < -0.4 is 5.32 Å². The lowest BCUT2D eigenvalue weighted by Crippen LogP contribution is -2.29. The molecule has 0 aliphatic heterocycles. The molecular formula is C16H20N2O2. The fraction of sp³-hybridized carbons (Fsp3) is 0.375. The van der Waals surface area contributed by atoms with Crippen molar-refractivity contribution in [2.45, 2.75) is 33.1 Å². The summed E-state index contributed by atoms with van der Waals surface area (Å²) in [5.74, 6) is 1.01. The van der Waals surface area contributed by atoms with Crippen LogP contribution in [0.15, 0.2) is 34.9 Å². The minimum Gasteiger partial charge on any atom is -0.361 e. The second-order valence-electron chi connectivity index (χ2n) is 5.10. The van der Waals surface area contributed by atoms with Crippen molar-refractivity contribution in [2.75, 3.05) is 6.54 Å². The highest BCUT2D eigenvalue weighted by atomic mass is 16.5. The first-order chi connectivity index (χ1) is 9.58. The fourth-order valence-corrected chi connectivity index (χ4v) is 2.14. The van der Waals surface area contributed by atoms with Crippen molar-refractivity contribution in [2.24, 2.45) is 0 Å². The lowest BCUT2D eigenvalue weighted by Gasteiger charge is -2.13. The van der Waals surface area contributed by atoms with Crippen molar-refractivity contribution in [1.82, 2.24) is 10.5 Å². The van der Waals surface area contributed by atoms with Gasteiger partial charge in [0.2, 0.25) is 5.91 Å². The average molecular weight is 272 g/mol. The Morgan fingerprint density at radius 1 is 1.30 bits per heavy atom.